The Labute approximate surface area is 274 Å². The summed E-state index contributed by atoms with van der Waals surface area (Å²) >= 11 is 0. The Balaban J connectivity index is -0.00000578. The van der Waals surface area contributed by atoms with Crippen molar-refractivity contribution in [3.63, 3.8) is 0 Å². The van der Waals surface area contributed by atoms with E-state index in [1.165, 1.54) is 141 Å². The van der Waals surface area contributed by atoms with Crippen LogP contribution in [0.5, 0.6) is 0 Å². The second-order valence-corrected chi connectivity index (χ2v) is 10.9. The molecular weight excluding hydrogens is 482 g/mol. The van der Waals surface area contributed by atoms with Crippen molar-refractivity contribution < 1.29 is 78.9 Å². The molecule has 0 bridgehead atoms. The molecule has 0 radical (unpaired) electrons. The van der Waals surface area contributed by atoms with Gasteiger partial charge in [-0.2, -0.15) is 0 Å². The summed E-state index contributed by atoms with van der Waals surface area (Å²) in [5.41, 5.74) is 0. The fourth-order valence-corrected chi connectivity index (χ4v) is 5.03. The van der Waals surface area contributed by atoms with Gasteiger partial charge in [0, 0.05) is 17.9 Å². The second-order valence-electron chi connectivity index (χ2n) is 10.9. The topological polar surface area (TPSA) is 80.3 Å². The van der Waals surface area contributed by atoms with Crippen molar-refractivity contribution in [2.45, 2.75) is 180 Å². The number of hydrogen-bond donors (Lipinski definition) is 0. The van der Waals surface area contributed by atoms with Crippen molar-refractivity contribution >= 4 is 11.9 Å². The molecule has 208 valence electrons. The van der Waals surface area contributed by atoms with Gasteiger partial charge in [0.2, 0.25) is 0 Å². The number of carboxylic acid groups (broad SMARTS) is 2. The van der Waals surface area contributed by atoms with Gasteiger partial charge in [0.25, 0.3) is 0 Å². The Morgan fingerprint density at radius 2 is 0.703 bits per heavy atom. The number of carboxylic acids is 2. The summed E-state index contributed by atoms with van der Waals surface area (Å²) in [6, 6.07) is 0. The molecule has 4 nitrogen and oxygen atoms in total. The first-order valence-corrected chi connectivity index (χ1v) is 15.5. The normalized spacial score (nSPS) is 11.5. The van der Waals surface area contributed by atoms with E-state index in [1.54, 1.807) is 0 Å². The summed E-state index contributed by atoms with van der Waals surface area (Å²) < 4.78 is 0. The van der Waals surface area contributed by atoms with E-state index in [-0.39, 0.29) is 59.1 Å². The van der Waals surface area contributed by atoms with Crippen LogP contribution in [0.2, 0.25) is 0 Å². The van der Waals surface area contributed by atoms with E-state index in [0.717, 1.165) is 19.3 Å². The number of carbonyl (C=O) groups excluding carboxylic acids is 2. The Bertz CT molecular complexity index is 474. The molecule has 0 heterocycles. The van der Waals surface area contributed by atoms with Crippen LogP contribution in [0, 0.1) is 5.92 Å². The summed E-state index contributed by atoms with van der Waals surface area (Å²) in [6.45, 7) is 2.28. The first kappa shape index (κ1) is 42.4. The van der Waals surface area contributed by atoms with Crippen LogP contribution < -0.4 is 69.3 Å². The predicted octanol–water partition coefficient (Wildman–Crippen LogP) is 1.66. The molecule has 0 N–H and O–H groups in total. The maximum atomic E-state index is 10.9. The quantitative estimate of drug-likeness (QED) is 0.107. The van der Waals surface area contributed by atoms with Crippen LogP contribution in [0.3, 0.4) is 0 Å². The monoisotopic (exact) mass is 540 g/mol. The van der Waals surface area contributed by atoms with Crippen LogP contribution in [0.25, 0.3) is 0 Å². The van der Waals surface area contributed by atoms with E-state index in [9.17, 15) is 19.8 Å². The zero-order valence-electron chi connectivity index (χ0n) is 25.3. The molecule has 0 aliphatic heterocycles. The predicted molar refractivity (Wildman–Crippen MR) is 144 cm³/mol. The number of unbranched alkanes of at least 4 members (excludes halogenated alkanes) is 24. The maximum absolute atomic E-state index is 10.9. The molecule has 0 aliphatic rings. The van der Waals surface area contributed by atoms with E-state index >= 15 is 0 Å². The first-order chi connectivity index (χ1) is 17.1. The van der Waals surface area contributed by atoms with Crippen LogP contribution >= 0.6 is 0 Å². The van der Waals surface area contributed by atoms with Crippen molar-refractivity contribution in [1.29, 1.82) is 0 Å². The fourth-order valence-electron chi connectivity index (χ4n) is 5.03. The van der Waals surface area contributed by atoms with E-state index in [0.29, 0.717) is 6.42 Å². The first-order valence-electron chi connectivity index (χ1n) is 15.5. The van der Waals surface area contributed by atoms with Gasteiger partial charge in [0.1, 0.15) is 0 Å². The molecule has 0 aromatic carbocycles. The molecule has 0 aromatic heterocycles. The smallest absolute Gasteiger partial charge is 0.550 e. The summed E-state index contributed by atoms with van der Waals surface area (Å²) in [6.07, 6.45) is 33.4. The Kier molecular flexibility index (Phi) is 40.1. The third-order valence-corrected chi connectivity index (χ3v) is 7.40. The molecule has 0 amide bonds. The zero-order valence-corrected chi connectivity index (χ0v) is 29.3. The molecule has 0 rings (SSSR count). The van der Waals surface area contributed by atoms with Crippen molar-refractivity contribution in [1.82, 2.24) is 0 Å². The SMILES string of the molecule is CCCCCCCCCCCCCCCCCCCCCCCCCCCC(CC(=O)[O-])C(=O)[O-].[Na+].[Na+]. The van der Waals surface area contributed by atoms with Gasteiger partial charge in [-0.05, 0) is 12.8 Å². The van der Waals surface area contributed by atoms with E-state index in [4.69, 9.17) is 0 Å². The number of carbonyl (C=O) groups is 2. The number of hydrogen-bond acceptors (Lipinski definition) is 4. The van der Waals surface area contributed by atoms with E-state index in [1.807, 2.05) is 0 Å². The minimum atomic E-state index is -1.31. The Morgan fingerprint density at radius 1 is 0.459 bits per heavy atom. The van der Waals surface area contributed by atoms with E-state index < -0.39 is 24.3 Å². The van der Waals surface area contributed by atoms with Gasteiger partial charge in [0.05, 0.1) is 0 Å². The molecule has 0 aromatic rings. The molecule has 1 atom stereocenters. The van der Waals surface area contributed by atoms with Crippen molar-refractivity contribution in [3.8, 4) is 0 Å². The van der Waals surface area contributed by atoms with Crippen molar-refractivity contribution in [3.05, 3.63) is 0 Å². The van der Waals surface area contributed by atoms with Crippen molar-refractivity contribution in [2.24, 2.45) is 5.92 Å². The van der Waals surface area contributed by atoms with Crippen molar-refractivity contribution in [2.75, 3.05) is 0 Å². The molecule has 6 heteroatoms. The van der Waals surface area contributed by atoms with Crippen LogP contribution in [0.15, 0.2) is 0 Å². The third-order valence-electron chi connectivity index (χ3n) is 7.40. The average Bonchev–Trinajstić information content (AvgIpc) is 2.83. The summed E-state index contributed by atoms with van der Waals surface area (Å²) in [5.74, 6) is -3.47. The average molecular weight is 541 g/mol. The van der Waals surface area contributed by atoms with Gasteiger partial charge in [-0.3, -0.25) is 0 Å². The minimum absolute atomic E-state index is 0. The maximum Gasteiger partial charge on any atom is 1.00 e. The molecule has 0 aliphatic carbocycles. The van der Waals surface area contributed by atoms with Gasteiger partial charge >= 0.3 is 59.1 Å². The van der Waals surface area contributed by atoms with Gasteiger partial charge in [-0.25, -0.2) is 0 Å². The van der Waals surface area contributed by atoms with Crippen LogP contribution in [-0.4, -0.2) is 11.9 Å². The Morgan fingerprint density at radius 3 is 0.919 bits per heavy atom. The number of rotatable bonds is 29. The molecule has 1 unspecified atom stereocenters. The van der Waals surface area contributed by atoms with E-state index in [2.05, 4.69) is 6.92 Å². The summed E-state index contributed by atoms with van der Waals surface area (Å²) in [7, 11) is 0. The standard InChI is InChI=1S/C31H60O4.2Na/c1-2-3-4-5-6-7-8-9-10-11-12-13-14-15-16-17-18-19-20-21-22-23-24-25-26-27-29(31(34)35)28-30(32)33;;/h29H,2-28H2,1H3,(H,32,33)(H,34,35);;/q;2*+1/p-2. The molecule has 0 spiro atoms. The summed E-state index contributed by atoms with van der Waals surface area (Å²) in [5, 5.41) is 21.5. The summed E-state index contributed by atoms with van der Waals surface area (Å²) in [4.78, 5) is 21.5. The fraction of sp³-hybridized carbons (Fsp3) is 0.935. The van der Waals surface area contributed by atoms with Crippen LogP contribution in [0.1, 0.15) is 180 Å². The van der Waals surface area contributed by atoms with Gasteiger partial charge in [0.15, 0.2) is 0 Å². The Hall–Kier alpha value is 0.940. The second kappa shape index (κ2) is 35.0. The van der Waals surface area contributed by atoms with Crippen LogP contribution in [0.4, 0.5) is 0 Å². The number of aliphatic carboxylic acids is 2. The minimum Gasteiger partial charge on any atom is -0.550 e. The molecule has 0 saturated heterocycles. The molecule has 37 heavy (non-hydrogen) atoms. The zero-order chi connectivity index (χ0) is 25.8. The molecule has 0 saturated carbocycles. The molecule has 0 fully saturated rings. The van der Waals surface area contributed by atoms with Gasteiger partial charge < -0.3 is 19.8 Å². The van der Waals surface area contributed by atoms with Crippen LogP contribution in [-0.2, 0) is 9.59 Å². The molecular formula is C31H58Na2O4. The van der Waals surface area contributed by atoms with Gasteiger partial charge in [-0.1, -0.05) is 167 Å². The third kappa shape index (κ3) is 34.9. The largest absolute Gasteiger partial charge is 1.00 e. The van der Waals surface area contributed by atoms with Gasteiger partial charge in [-0.15, -0.1) is 0 Å².